The molecule has 238 valence electrons. The van der Waals surface area contributed by atoms with E-state index >= 15 is 0 Å². The van der Waals surface area contributed by atoms with E-state index in [1.54, 1.807) is 6.20 Å². The molecule has 6 rings (SSSR count). The lowest BCUT2D eigenvalue weighted by atomic mass is 9.90. The van der Waals surface area contributed by atoms with Gasteiger partial charge in [-0.2, -0.15) is 0 Å². The normalized spacial score (nSPS) is 20.6. The molecule has 12 heteroatoms. The molecule has 0 bridgehead atoms. The summed E-state index contributed by atoms with van der Waals surface area (Å²) in [7, 11) is 0. The Kier molecular flexibility index (Phi) is 9.39. The first-order valence-corrected chi connectivity index (χ1v) is 16.9. The summed E-state index contributed by atoms with van der Waals surface area (Å²) in [6.45, 7) is 6.53. The van der Waals surface area contributed by atoms with Crippen LogP contribution in [-0.2, 0) is 9.59 Å². The van der Waals surface area contributed by atoms with Crippen molar-refractivity contribution in [3.05, 3.63) is 59.2 Å². The largest absolute Gasteiger partial charge is 0.384 e. The number of piperidine rings is 3. The van der Waals surface area contributed by atoms with Gasteiger partial charge in [-0.05, 0) is 74.8 Å². The Balaban J connectivity index is 1.000. The molecule has 4 heterocycles. The third-order valence-corrected chi connectivity index (χ3v) is 10.8. The van der Waals surface area contributed by atoms with Crippen LogP contribution in [-0.4, -0.2) is 60.0 Å². The van der Waals surface area contributed by atoms with E-state index in [1.165, 1.54) is 11.8 Å². The van der Waals surface area contributed by atoms with Gasteiger partial charge in [0, 0.05) is 55.3 Å². The number of nitrogens with one attached hydrogen (secondary N) is 2. The van der Waals surface area contributed by atoms with Crippen LogP contribution in [0.3, 0.4) is 0 Å². The van der Waals surface area contributed by atoms with Crippen LogP contribution in [0, 0.1) is 5.92 Å². The van der Waals surface area contributed by atoms with E-state index < -0.39 is 0 Å². The molecule has 0 radical (unpaired) electrons. The van der Waals surface area contributed by atoms with Gasteiger partial charge in [0.25, 0.3) is 0 Å². The number of benzene rings is 2. The van der Waals surface area contributed by atoms with Gasteiger partial charge in [0.05, 0.1) is 22.8 Å². The highest BCUT2D eigenvalue weighted by atomic mass is 35.5. The topological polar surface area (TPSA) is 142 Å². The molecule has 1 atom stereocenters. The van der Waals surface area contributed by atoms with Gasteiger partial charge in [-0.25, -0.2) is 9.97 Å². The number of rotatable bonds is 8. The summed E-state index contributed by atoms with van der Waals surface area (Å²) in [4.78, 5) is 38.4. The van der Waals surface area contributed by atoms with Crippen molar-refractivity contribution in [3.63, 3.8) is 0 Å². The summed E-state index contributed by atoms with van der Waals surface area (Å²) in [6, 6.07) is 14.2. The molecule has 2 amide bonds. The number of halogens is 1. The molecule has 3 saturated heterocycles. The summed E-state index contributed by atoms with van der Waals surface area (Å²) < 4.78 is 0. The zero-order chi connectivity index (χ0) is 31.6. The highest BCUT2D eigenvalue weighted by molar-refractivity contribution is 7.99. The zero-order valence-electron chi connectivity index (χ0n) is 25.6. The molecule has 0 saturated carbocycles. The third-order valence-electron chi connectivity index (χ3n) is 9.25. The van der Waals surface area contributed by atoms with E-state index in [1.807, 2.05) is 30.3 Å². The number of nitrogen functional groups attached to an aromatic ring is 1. The van der Waals surface area contributed by atoms with Crippen molar-refractivity contribution in [1.29, 1.82) is 0 Å². The van der Waals surface area contributed by atoms with Crippen molar-refractivity contribution in [3.8, 4) is 0 Å². The lowest BCUT2D eigenvalue weighted by molar-refractivity contribution is -0.134. The molecule has 0 unspecified atom stereocenters. The molecular weight excluding hydrogens is 608 g/mol. The highest BCUT2D eigenvalue weighted by Gasteiger charge is 2.29. The minimum Gasteiger partial charge on any atom is -0.384 e. The van der Waals surface area contributed by atoms with Crippen LogP contribution in [0.1, 0.15) is 56.9 Å². The molecule has 3 aliphatic heterocycles. The molecule has 2 aromatic carbocycles. The van der Waals surface area contributed by atoms with Gasteiger partial charge >= 0.3 is 0 Å². The summed E-state index contributed by atoms with van der Waals surface area (Å²) in [5.41, 5.74) is 15.5. The SMILES string of the molecule is CC1(N)CCN(c2cnc(Sc3cccc(NCC4CCN(c5ccc([C@@H]6CCC(=O)NC6=O)cc5)CC4)c3Cl)c(N)n2)CC1. The summed E-state index contributed by atoms with van der Waals surface area (Å²) >= 11 is 8.28. The molecule has 1 aromatic heterocycles. The summed E-state index contributed by atoms with van der Waals surface area (Å²) in [5.74, 6) is 1.06. The number of carbonyl (C=O) groups is 2. The second kappa shape index (κ2) is 13.4. The fourth-order valence-corrected chi connectivity index (χ4v) is 7.39. The number of imide groups is 1. The minimum atomic E-state index is -0.253. The van der Waals surface area contributed by atoms with E-state index in [2.05, 4.69) is 49.5 Å². The predicted octanol–water partition coefficient (Wildman–Crippen LogP) is 5.03. The van der Waals surface area contributed by atoms with E-state index in [9.17, 15) is 9.59 Å². The average Bonchev–Trinajstić information content (AvgIpc) is 3.03. The number of carbonyl (C=O) groups excluding carboxylic acids is 2. The molecule has 0 aliphatic carbocycles. The van der Waals surface area contributed by atoms with Crippen molar-refractivity contribution in [2.75, 3.05) is 53.6 Å². The van der Waals surface area contributed by atoms with Crippen molar-refractivity contribution in [2.24, 2.45) is 11.7 Å². The fourth-order valence-electron chi connectivity index (χ4n) is 6.27. The van der Waals surface area contributed by atoms with Crippen LogP contribution in [0.4, 0.5) is 23.0 Å². The second-order valence-electron chi connectivity index (χ2n) is 12.7. The van der Waals surface area contributed by atoms with Crippen LogP contribution in [0.2, 0.25) is 5.02 Å². The van der Waals surface area contributed by atoms with E-state index in [-0.39, 0.29) is 23.3 Å². The number of nitrogens with zero attached hydrogens (tertiary/aromatic N) is 4. The number of nitrogens with two attached hydrogens (primary N) is 2. The molecule has 0 spiro atoms. The Bertz CT molecular complexity index is 1530. The van der Waals surface area contributed by atoms with E-state index in [4.69, 9.17) is 23.1 Å². The number of anilines is 4. The van der Waals surface area contributed by atoms with Crippen LogP contribution < -0.4 is 31.9 Å². The number of hydrogen-bond donors (Lipinski definition) is 4. The monoisotopic (exact) mass is 648 g/mol. The van der Waals surface area contributed by atoms with Crippen molar-refractivity contribution in [1.82, 2.24) is 15.3 Å². The molecule has 3 fully saturated rings. The lowest BCUT2D eigenvalue weighted by Gasteiger charge is -2.37. The van der Waals surface area contributed by atoms with Crippen molar-refractivity contribution >= 4 is 58.2 Å². The molecule has 6 N–H and O–H groups in total. The maximum Gasteiger partial charge on any atom is 0.234 e. The molecular formula is C33H41ClN8O2S. The van der Waals surface area contributed by atoms with Crippen LogP contribution in [0.25, 0.3) is 0 Å². The molecule has 45 heavy (non-hydrogen) atoms. The standard InChI is InChI=1S/C33H41ClN8O2S/c1-33(36)13-17-42(18-14-33)27-20-38-32(30(35)39-27)45-26-4-2-3-25(29(26)34)37-19-21-11-15-41(16-12-21)23-7-5-22(6-8-23)24-9-10-28(43)40-31(24)44/h2-8,20-21,24,37H,9-19,36H2,1H3,(H2,35,39)(H,40,43,44)/t24-/m0/s1. The van der Waals surface area contributed by atoms with Gasteiger partial charge in [-0.1, -0.05) is 41.6 Å². The second-order valence-corrected chi connectivity index (χ2v) is 14.1. The van der Waals surface area contributed by atoms with Crippen molar-refractivity contribution in [2.45, 2.75) is 66.8 Å². The first-order chi connectivity index (χ1) is 21.6. The Morgan fingerprint density at radius 1 is 1.04 bits per heavy atom. The van der Waals surface area contributed by atoms with Crippen LogP contribution in [0.5, 0.6) is 0 Å². The quantitative estimate of drug-likeness (QED) is 0.246. The van der Waals surface area contributed by atoms with E-state index in [0.717, 1.165) is 86.1 Å². The Labute approximate surface area is 273 Å². The number of aromatic nitrogens is 2. The number of amides is 2. The molecule has 10 nitrogen and oxygen atoms in total. The van der Waals surface area contributed by atoms with Gasteiger partial charge < -0.3 is 26.6 Å². The minimum absolute atomic E-state index is 0.131. The zero-order valence-corrected chi connectivity index (χ0v) is 27.2. The van der Waals surface area contributed by atoms with Crippen molar-refractivity contribution < 1.29 is 9.59 Å². The van der Waals surface area contributed by atoms with E-state index in [0.29, 0.717) is 34.6 Å². The molecule has 3 aromatic rings. The Morgan fingerprint density at radius 3 is 2.47 bits per heavy atom. The summed E-state index contributed by atoms with van der Waals surface area (Å²) in [5, 5.41) is 7.32. The summed E-state index contributed by atoms with van der Waals surface area (Å²) in [6.07, 6.45) is 6.68. The predicted molar refractivity (Wildman–Crippen MR) is 181 cm³/mol. The maximum atomic E-state index is 12.2. The Morgan fingerprint density at radius 2 is 1.78 bits per heavy atom. The van der Waals surface area contributed by atoms with Gasteiger partial charge in [-0.3, -0.25) is 14.9 Å². The Hall–Kier alpha value is -3.54. The highest BCUT2D eigenvalue weighted by Crippen LogP contribution is 2.39. The third kappa shape index (κ3) is 7.48. The maximum absolute atomic E-state index is 12.2. The van der Waals surface area contributed by atoms with Gasteiger partial charge in [0.2, 0.25) is 11.8 Å². The van der Waals surface area contributed by atoms with Gasteiger partial charge in [0.1, 0.15) is 10.8 Å². The first-order valence-electron chi connectivity index (χ1n) is 15.7. The smallest absolute Gasteiger partial charge is 0.234 e. The lowest BCUT2D eigenvalue weighted by Crippen LogP contribution is -2.48. The fraction of sp³-hybridized carbons (Fsp3) is 0.455. The average molecular weight is 649 g/mol. The molecule has 3 aliphatic rings. The van der Waals surface area contributed by atoms with Crippen LogP contribution in [0.15, 0.2) is 58.6 Å². The number of hydrogen-bond acceptors (Lipinski definition) is 10. The van der Waals surface area contributed by atoms with Gasteiger partial charge in [-0.15, -0.1) is 0 Å². The van der Waals surface area contributed by atoms with Gasteiger partial charge in [0.15, 0.2) is 5.82 Å². The van der Waals surface area contributed by atoms with Crippen LogP contribution >= 0.6 is 23.4 Å². The first kappa shape index (κ1) is 31.4.